The quantitative estimate of drug-likeness (QED) is 0.310. The van der Waals surface area contributed by atoms with Gasteiger partial charge in [0.25, 0.3) is 0 Å². The lowest BCUT2D eigenvalue weighted by Gasteiger charge is -2.19. The average molecular weight is 475 g/mol. The van der Waals surface area contributed by atoms with Gasteiger partial charge in [-0.2, -0.15) is 0 Å². The van der Waals surface area contributed by atoms with Crippen LogP contribution in [0.2, 0.25) is 0 Å². The molecular formula is C28H34N4O3. The van der Waals surface area contributed by atoms with Crippen LogP contribution in [0.4, 0.5) is 0 Å². The smallest absolute Gasteiger partial charge is 0.248 e. The normalized spacial score (nSPS) is 12.0. The van der Waals surface area contributed by atoms with Crippen LogP contribution in [0.15, 0.2) is 53.6 Å². The molecule has 0 saturated heterocycles. The molecule has 0 saturated carbocycles. The Morgan fingerprint density at radius 2 is 1.86 bits per heavy atom. The Kier molecular flexibility index (Phi) is 7.10. The van der Waals surface area contributed by atoms with Crippen molar-refractivity contribution in [3.63, 3.8) is 0 Å². The van der Waals surface area contributed by atoms with Crippen LogP contribution in [0, 0.1) is 6.92 Å². The third-order valence-corrected chi connectivity index (χ3v) is 6.04. The molecule has 0 unspecified atom stereocenters. The molecule has 184 valence electrons. The summed E-state index contributed by atoms with van der Waals surface area (Å²) in [6.07, 6.45) is 4.86. The van der Waals surface area contributed by atoms with Gasteiger partial charge in [0.2, 0.25) is 5.56 Å². The van der Waals surface area contributed by atoms with Crippen LogP contribution in [0.25, 0.3) is 33.4 Å². The van der Waals surface area contributed by atoms with Crippen molar-refractivity contribution in [1.29, 1.82) is 0 Å². The van der Waals surface area contributed by atoms with E-state index in [-0.39, 0.29) is 5.56 Å². The molecule has 0 fully saturated rings. The number of aryl methyl sites for hydroxylation is 1. The molecule has 0 aliphatic carbocycles. The largest absolute Gasteiger partial charge is 0.494 e. The Labute approximate surface area is 205 Å². The Morgan fingerprint density at radius 1 is 1.11 bits per heavy atom. The van der Waals surface area contributed by atoms with E-state index >= 15 is 0 Å². The molecule has 0 bridgehead atoms. The number of ether oxygens (including phenoxy) is 1. The predicted molar refractivity (Wildman–Crippen MR) is 141 cm³/mol. The summed E-state index contributed by atoms with van der Waals surface area (Å²) in [6, 6.07) is 11.5. The Hall–Kier alpha value is -3.42. The van der Waals surface area contributed by atoms with Crippen LogP contribution in [-0.4, -0.2) is 57.8 Å². The van der Waals surface area contributed by atoms with Gasteiger partial charge in [-0.15, -0.1) is 0 Å². The van der Waals surface area contributed by atoms with Crippen molar-refractivity contribution >= 4 is 11.0 Å². The van der Waals surface area contributed by atoms with Gasteiger partial charge >= 0.3 is 0 Å². The number of hydrogen-bond acceptors (Lipinski definition) is 5. The molecule has 35 heavy (non-hydrogen) atoms. The van der Waals surface area contributed by atoms with E-state index in [9.17, 15) is 9.90 Å². The second-order valence-electron chi connectivity index (χ2n) is 9.96. The van der Waals surface area contributed by atoms with E-state index in [2.05, 4.69) is 33.9 Å². The summed E-state index contributed by atoms with van der Waals surface area (Å²) in [4.78, 5) is 24.9. The molecule has 4 aromatic rings. The Balaban J connectivity index is 1.74. The highest BCUT2D eigenvalue weighted by molar-refractivity contribution is 5.94. The molecule has 3 aromatic heterocycles. The van der Waals surface area contributed by atoms with Crippen LogP contribution in [0.1, 0.15) is 31.4 Å². The predicted octanol–water partition coefficient (Wildman–Crippen LogP) is 4.54. The van der Waals surface area contributed by atoms with Crippen LogP contribution in [0.5, 0.6) is 5.75 Å². The van der Waals surface area contributed by atoms with Gasteiger partial charge in [-0.25, -0.2) is 4.98 Å². The first kappa shape index (κ1) is 24.7. The molecule has 7 nitrogen and oxygen atoms in total. The number of hydrogen-bond donors (Lipinski definition) is 3. The van der Waals surface area contributed by atoms with Gasteiger partial charge in [-0.05, 0) is 93.9 Å². The van der Waals surface area contributed by atoms with Crippen LogP contribution < -0.4 is 10.3 Å². The number of aliphatic hydroxyl groups is 1. The zero-order valence-corrected chi connectivity index (χ0v) is 21.1. The van der Waals surface area contributed by atoms with Crippen LogP contribution >= 0.6 is 0 Å². The van der Waals surface area contributed by atoms with Crippen molar-refractivity contribution in [3.8, 4) is 28.1 Å². The number of benzene rings is 1. The highest BCUT2D eigenvalue weighted by Gasteiger charge is 2.24. The lowest BCUT2D eigenvalue weighted by molar-refractivity contribution is 0.0814. The van der Waals surface area contributed by atoms with Gasteiger partial charge in [-0.1, -0.05) is 0 Å². The minimum Gasteiger partial charge on any atom is -0.494 e. The molecular weight excluding hydrogens is 440 g/mol. The van der Waals surface area contributed by atoms with Gasteiger partial charge in [0.15, 0.2) is 0 Å². The van der Waals surface area contributed by atoms with Crippen molar-refractivity contribution in [3.05, 3.63) is 70.3 Å². The van der Waals surface area contributed by atoms with Crippen molar-refractivity contribution in [2.45, 2.75) is 39.2 Å². The third-order valence-electron chi connectivity index (χ3n) is 6.04. The number of aromatic nitrogens is 3. The number of nitrogens with zero attached hydrogens (tertiary/aromatic N) is 2. The Morgan fingerprint density at radius 3 is 2.51 bits per heavy atom. The maximum absolute atomic E-state index is 11.9. The van der Waals surface area contributed by atoms with Gasteiger partial charge in [0.1, 0.15) is 11.4 Å². The van der Waals surface area contributed by atoms with Crippen molar-refractivity contribution in [2.24, 2.45) is 0 Å². The standard InChI is InChI=1S/C28H34N4O3/c1-18-23(20-11-12-29-24(33)15-20)17-30-27-25(18)22(16-28(2,3)34)26(31-27)19-7-9-21(10-8-19)35-14-6-13-32(4)5/h7-12,15,17,34H,6,13-14,16H2,1-5H3,(H,29,33)(H,30,31). The van der Waals surface area contributed by atoms with Crippen LogP contribution in [0.3, 0.4) is 0 Å². The number of pyridine rings is 2. The number of H-pyrrole nitrogens is 2. The highest BCUT2D eigenvalue weighted by atomic mass is 16.5. The molecule has 0 spiro atoms. The van der Waals surface area contributed by atoms with Gasteiger partial charge in [0.05, 0.1) is 17.9 Å². The fourth-order valence-corrected chi connectivity index (χ4v) is 4.43. The summed E-state index contributed by atoms with van der Waals surface area (Å²) in [5, 5.41) is 11.7. The zero-order valence-electron chi connectivity index (χ0n) is 21.1. The molecule has 0 aliphatic heterocycles. The number of fused-ring (bicyclic) bond motifs is 1. The lowest BCUT2D eigenvalue weighted by atomic mass is 9.91. The summed E-state index contributed by atoms with van der Waals surface area (Å²) < 4.78 is 5.89. The molecule has 7 heteroatoms. The van der Waals surface area contributed by atoms with E-state index in [0.29, 0.717) is 13.0 Å². The first-order valence-electron chi connectivity index (χ1n) is 11.9. The second kappa shape index (κ2) is 10.1. The lowest BCUT2D eigenvalue weighted by Crippen LogP contribution is -2.22. The maximum atomic E-state index is 11.9. The number of nitrogens with one attached hydrogen (secondary N) is 2. The molecule has 4 rings (SSSR count). The first-order valence-corrected chi connectivity index (χ1v) is 11.9. The van der Waals surface area contributed by atoms with Crippen molar-refractivity contribution in [2.75, 3.05) is 27.2 Å². The molecule has 3 N–H and O–H groups in total. The summed E-state index contributed by atoms with van der Waals surface area (Å²) in [5.41, 5.74) is 5.35. The molecule has 0 aliphatic rings. The summed E-state index contributed by atoms with van der Waals surface area (Å²) in [5.74, 6) is 0.832. The van der Waals surface area contributed by atoms with E-state index < -0.39 is 5.60 Å². The fraction of sp³-hybridized carbons (Fsp3) is 0.357. The summed E-state index contributed by atoms with van der Waals surface area (Å²) in [7, 11) is 4.11. The minimum absolute atomic E-state index is 0.155. The van der Waals surface area contributed by atoms with Gasteiger partial charge in [-0.3, -0.25) is 4.79 Å². The van der Waals surface area contributed by atoms with E-state index in [4.69, 9.17) is 4.74 Å². The molecule has 0 radical (unpaired) electrons. The van der Waals surface area contributed by atoms with E-state index in [1.165, 1.54) is 0 Å². The molecule has 0 amide bonds. The van der Waals surface area contributed by atoms with E-state index in [1.807, 2.05) is 51.1 Å². The SMILES string of the molecule is Cc1c(-c2cc[nH]c(=O)c2)cnc2[nH]c(-c3ccc(OCCCN(C)C)cc3)c(CC(C)(C)O)c12. The summed E-state index contributed by atoms with van der Waals surface area (Å²) in [6.45, 7) is 7.31. The topological polar surface area (TPSA) is 94.2 Å². The van der Waals surface area contributed by atoms with E-state index in [0.717, 1.165) is 63.3 Å². The molecule has 3 heterocycles. The van der Waals surface area contributed by atoms with Crippen LogP contribution in [-0.2, 0) is 6.42 Å². The average Bonchev–Trinajstić information content (AvgIpc) is 3.15. The molecule has 0 atom stereocenters. The third kappa shape index (κ3) is 5.81. The van der Waals surface area contributed by atoms with E-state index in [1.54, 1.807) is 18.5 Å². The fourth-order valence-electron chi connectivity index (χ4n) is 4.43. The minimum atomic E-state index is -0.911. The van der Waals surface area contributed by atoms with Crippen molar-refractivity contribution in [1.82, 2.24) is 19.9 Å². The first-order chi connectivity index (χ1) is 16.6. The molecule has 1 aromatic carbocycles. The second-order valence-corrected chi connectivity index (χ2v) is 9.96. The van der Waals surface area contributed by atoms with Gasteiger partial charge in [0, 0.05) is 42.4 Å². The summed E-state index contributed by atoms with van der Waals surface area (Å²) >= 11 is 0. The van der Waals surface area contributed by atoms with Crippen molar-refractivity contribution < 1.29 is 9.84 Å². The zero-order chi connectivity index (χ0) is 25.2. The Bertz CT molecular complexity index is 1360. The van der Waals surface area contributed by atoms with Gasteiger partial charge < -0.3 is 24.7 Å². The highest BCUT2D eigenvalue weighted by Crippen LogP contribution is 2.37. The maximum Gasteiger partial charge on any atom is 0.248 e. The number of rotatable bonds is 9. The number of aromatic amines is 2. The monoisotopic (exact) mass is 474 g/mol.